The van der Waals surface area contributed by atoms with Gasteiger partial charge in [-0.15, -0.1) is 0 Å². The van der Waals surface area contributed by atoms with Crippen LogP contribution in [0.1, 0.15) is 38.6 Å². The zero-order valence-electron chi connectivity index (χ0n) is 18.1. The summed E-state index contributed by atoms with van der Waals surface area (Å²) in [5.74, 6) is 0.0760. The molecular formula is C23H25Cl2N3O4. The molecule has 0 saturated carbocycles. The van der Waals surface area contributed by atoms with Gasteiger partial charge in [-0.05, 0) is 44.9 Å². The number of aryl methyl sites for hydroxylation is 1. The molecule has 0 aliphatic heterocycles. The Kier molecular flexibility index (Phi) is 7.64. The van der Waals surface area contributed by atoms with Crippen molar-refractivity contribution in [2.45, 2.75) is 51.9 Å². The molecule has 0 saturated heterocycles. The number of carbonyl (C=O) groups excluding carboxylic acids is 2. The number of imidazole rings is 1. The molecule has 1 heterocycles. The van der Waals surface area contributed by atoms with Crippen LogP contribution in [0.25, 0.3) is 11.0 Å². The first-order chi connectivity index (χ1) is 15.1. The van der Waals surface area contributed by atoms with E-state index in [2.05, 4.69) is 15.3 Å². The number of fused-ring (bicyclic) bond motifs is 1. The highest BCUT2D eigenvalue weighted by atomic mass is 35.5. The third kappa shape index (κ3) is 6.87. The van der Waals surface area contributed by atoms with Crippen molar-refractivity contribution in [1.82, 2.24) is 15.3 Å². The van der Waals surface area contributed by atoms with E-state index in [4.69, 9.17) is 32.7 Å². The summed E-state index contributed by atoms with van der Waals surface area (Å²) in [4.78, 5) is 32.7. The fraction of sp³-hybridized carbons (Fsp3) is 0.348. The minimum atomic E-state index is -0.908. The number of nitrogens with zero attached hydrogens (tertiary/aromatic N) is 1. The minimum absolute atomic E-state index is 0.105. The predicted molar refractivity (Wildman–Crippen MR) is 124 cm³/mol. The third-order valence-electron chi connectivity index (χ3n) is 4.44. The molecule has 0 aliphatic rings. The summed E-state index contributed by atoms with van der Waals surface area (Å²) in [6, 6.07) is 11.8. The molecule has 3 rings (SSSR count). The van der Waals surface area contributed by atoms with Crippen LogP contribution in [0.3, 0.4) is 0 Å². The first-order valence-electron chi connectivity index (χ1n) is 10.1. The largest absolute Gasteiger partial charge is 0.459 e. The molecule has 0 fully saturated rings. The Bertz CT molecular complexity index is 1050. The zero-order chi connectivity index (χ0) is 23.3. The van der Waals surface area contributed by atoms with Crippen molar-refractivity contribution in [1.29, 1.82) is 0 Å². The second-order valence-electron chi connectivity index (χ2n) is 8.30. The van der Waals surface area contributed by atoms with Gasteiger partial charge >= 0.3 is 12.1 Å². The van der Waals surface area contributed by atoms with Gasteiger partial charge in [0.25, 0.3) is 0 Å². The summed E-state index contributed by atoms with van der Waals surface area (Å²) < 4.78 is 10.7. The quantitative estimate of drug-likeness (QED) is 0.441. The van der Waals surface area contributed by atoms with Gasteiger partial charge < -0.3 is 19.8 Å². The molecule has 1 atom stereocenters. The summed E-state index contributed by atoms with van der Waals surface area (Å²) in [6.45, 7) is 5.35. The number of rotatable bonds is 7. The number of aromatic amines is 1. The molecule has 3 aromatic rings. The predicted octanol–water partition coefficient (Wildman–Crippen LogP) is 5.44. The van der Waals surface area contributed by atoms with E-state index in [0.29, 0.717) is 27.8 Å². The number of hydrogen-bond acceptors (Lipinski definition) is 5. The van der Waals surface area contributed by atoms with Gasteiger partial charge in [-0.25, -0.2) is 14.6 Å². The molecule has 1 aromatic heterocycles. The smallest absolute Gasteiger partial charge is 0.408 e. The third-order valence-corrected chi connectivity index (χ3v) is 5.16. The number of hydrogen-bond donors (Lipinski definition) is 2. The highest BCUT2D eigenvalue weighted by molar-refractivity contribution is 6.42. The van der Waals surface area contributed by atoms with E-state index >= 15 is 0 Å². The molecular weight excluding hydrogens is 453 g/mol. The summed E-state index contributed by atoms with van der Waals surface area (Å²) in [6.07, 6.45) is -0.0544. The lowest BCUT2D eigenvalue weighted by atomic mass is 10.1. The van der Waals surface area contributed by atoms with Gasteiger partial charge in [-0.3, -0.25) is 0 Å². The van der Waals surface area contributed by atoms with Crippen molar-refractivity contribution in [3.05, 3.63) is 63.9 Å². The van der Waals surface area contributed by atoms with Crippen molar-refractivity contribution >= 4 is 46.3 Å². The molecule has 0 radical (unpaired) electrons. The van der Waals surface area contributed by atoms with Gasteiger partial charge in [0.2, 0.25) is 0 Å². The molecule has 170 valence electrons. The Morgan fingerprint density at radius 3 is 2.50 bits per heavy atom. The van der Waals surface area contributed by atoms with Crippen molar-refractivity contribution < 1.29 is 19.1 Å². The van der Waals surface area contributed by atoms with E-state index < -0.39 is 23.7 Å². The van der Waals surface area contributed by atoms with Crippen LogP contribution in [0.5, 0.6) is 0 Å². The second-order valence-corrected chi connectivity index (χ2v) is 9.11. The average molecular weight is 478 g/mol. The van der Waals surface area contributed by atoms with E-state index in [1.807, 2.05) is 30.3 Å². The van der Waals surface area contributed by atoms with Crippen LogP contribution in [-0.2, 0) is 27.3 Å². The Morgan fingerprint density at radius 2 is 1.81 bits per heavy atom. The maximum absolute atomic E-state index is 12.7. The Balaban J connectivity index is 1.69. The van der Waals surface area contributed by atoms with Crippen LogP contribution in [0.15, 0.2) is 42.5 Å². The summed E-state index contributed by atoms with van der Waals surface area (Å²) in [5.41, 5.74) is 1.55. The van der Waals surface area contributed by atoms with E-state index in [1.165, 1.54) is 0 Å². The fourth-order valence-electron chi connectivity index (χ4n) is 2.99. The number of H-pyrrole nitrogens is 1. The fourth-order valence-corrected chi connectivity index (χ4v) is 3.31. The number of benzene rings is 2. The van der Waals surface area contributed by atoms with Crippen molar-refractivity contribution in [3.8, 4) is 0 Å². The molecule has 7 nitrogen and oxygen atoms in total. The first-order valence-corrected chi connectivity index (χ1v) is 10.9. The maximum atomic E-state index is 12.7. The summed E-state index contributed by atoms with van der Waals surface area (Å²) >= 11 is 12.1. The lowest BCUT2D eigenvalue weighted by molar-refractivity contribution is -0.147. The highest BCUT2D eigenvalue weighted by Crippen LogP contribution is 2.26. The number of ether oxygens (including phenoxy) is 2. The van der Waals surface area contributed by atoms with Gasteiger partial charge in [-0.1, -0.05) is 53.5 Å². The molecule has 32 heavy (non-hydrogen) atoms. The first kappa shape index (κ1) is 23.9. The number of halogens is 2. The molecule has 0 bridgehead atoms. The maximum Gasteiger partial charge on any atom is 0.408 e. The topological polar surface area (TPSA) is 93.3 Å². The highest BCUT2D eigenvalue weighted by Gasteiger charge is 2.26. The number of alkyl carbamates (subject to hydrolysis) is 1. The molecule has 1 amide bonds. The molecule has 1 unspecified atom stereocenters. The van der Waals surface area contributed by atoms with Crippen molar-refractivity contribution in [3.63, 3.8) is 0 Å². The van der Waals surface area contributed by atoms with Crippen LogP contribution in [0.2, 0.25) is 10.0 Å². The van der Waals surface area contributed by atoms with Crippen LogP contribution in [0, 0.1) is 0 Å². The average Bonchev–Trinajstić information content (AvgIpc) is 3.10. The van der Waals surface area contributed by atoms with Gasteiger partial charge in [0.15, 0.2) is 0 Å². The van der Waals surface area contributed by atoms with Gasteiger partial charge in [0, 0.05) is 6.42 Å². The van der Waals surface area contributed by atoms with E-state index in [9.17, 15) is 9.59 Å². The lowest BCUT2D eigenvalue weighted by Crippen LogP contribution is -2.44. The Labute approximate surface area is 196 Å². The van der Waals surface area contributed by atoms with Gasteiger partial charge in [-0.2, -0.15) is 0 Å². The number of amides is 1. The number of carbonyl (C=O) groups is 2. The molecule has 2 N–H and O–H groups in total. The van der Waals surface area contributed by atoms with Gasteiger partial charge in [0.05, 0.1) is 21.1 Å². The monoisotopic (exact) mass is 477 g/mol. The SMILES string of the molecule is CC(C)(C)OC(=O)NC(CCc1nc2cc(Cl)c(Cl)cc2[nH]1)C(=O)OCc1ccccc1. The summed E-state index contributed by atoms with van der Waals surface area (Å²) in [7, 11) is 0. The Hall–Kier alpha value is -2.77. The second kappa shape index (κ2) is 10.2. The van der Waals surface area contributed by atoms with Crippen LogP contribution >= 0.6 is 23.2 Å². The molecule has 0 spiro atoms. The molecule has 0 aliphatic carbocycles. The standard InChI is InChI=1S/C23H25Cl2N3O4/c1-23(2,3)32-22(30)28-17(21(29)31-13-14-7-5-4-6-8-14)9-10-20-26-18-11-15(24)16(25)12-19(18)27-20/h4-8,11-12,17H,9-10,13H2,1-3H3,(H,26,27)(H,28,30). The lowest BCUT2D eigenvalue weighted by Gasteiger charge is -2.23. The van der Waals surface area contributed by atoms with Gasteiger partial charge in [0.1, 0.15) is 24.1 Å². The Morgan fingerprint density at radius 1 is 1.12 bits per heavy atom. The van der Waals surface area contributed by atoms with Crippen molar-refractivity contribution in [2.24, 2.45) is 0 Å². The normalized spacial score (nSPS) is 12.4. The van der Waals surface area contributed by atoms with E-state index in [-0.39, 0.29) is 13.0 Å². The van der Waals surface area contributed by atoms with Crippen molar-refractivity contribution in [2.75, 3.05) is 0 Å². The van der Waals surface area contributed by atoms with E-state index in [0.717, 1.165) is 11.1 Å². The van der Waals surface area contributed by atoms with Crippen LogP contribution < -0.4 is 5.32 Å². The number of nitrogens with one attached hydrogen (secondary N) is 2. The number of aromatic nitrogens is 2. The van der Waals surface area contributed by atoms with Crippen LogP contribution in [0.4, 0.5) is 4.79 Å². The number of esters is 1. The zero-order valence-corrected chi connectivity index (χ0v) is 19.6. The van der Waals surface area contributed by atoms with Crippen LogP contribution in [-0.4, -0.2) is 33.7 Å². The molecule has 2 aromatic carbocycles. The molecule has 9 heteroatoms. The minimum Gasteiger partial charge on any atom is -0.459 e. The van der Waals surface area contributed by atoms with E-state index in [1.54, 1.807) is 32.9 Å². The summed E-state index contributed by atoms with van der Waals surface area (Å²) in [5, 5.41) is 3.44.